The first kappa shape index (κ1) is 13.8. The molecule has 3 heteroatoms. The molecule has 84 valence electrons. The molecule has 0 aromatic carbocycles. The van der Waals surface area contributed by atoms with Crippen LogP contribution >= 0.6 is 0 Å². The number of hydroxylamine groups is 2. The van der Waals surface area contributed by atoms with Crippen LogP contribution in [0.2, 0.25) is 0 Å². The predicted octanol–water partition coefficient (Wildman–Crippen LogP) is 2.67. The molecular formula is C12H19NO2. The summed E-state index contributed by atoms with van der Waals surface area (Å²) >= 11 is 0. The zero-order valence-corrected chi connectivity index (χ0v) is 10.1. The molecule has 0 unspecified atom stereocenters. The molecule has 0 fully saturated rings. The Hall–Kier alpha value is -1.24. The van der Waals surface area contributed by atoms with E-state index in [4.69, 9.17) is 9.25 Å². The lowest BCUT2D eigenvalue weighted by atomic mass is 10.4. The molecule has 0 aliphatic carbocycles. The minimum absolute atomic E-state index is 0.627. The standard InChI is InChI=1S/C10H13NO2.C2H6/c1-4-5-9-6-7-10(13-9)8-11(2)12-3;1-2/h6-7H,8H2,1-3H3;1-2H3. The maximum atomic E-state index is 5.40. The molecule has 0 saturated carbocycles. The molecule has 0 aliphatic heterocycles. The summed E-state index contributed by atoms with van der Waals surface area (Å²) in [5.41, 5.74) is 0. The molecule has 1 aromatic heterocycles. The zero-order valence-electron chi connectivity index (χ0n) is 10.1. The first-order valence-electron chi connectivity index (χ1n) is 5.03. The molecule has 0 N–H and O–H groups in total. The molecular weight excluding hydrogens is 190 g/mol. The molecule has 0 saturated heterocycles. The van der Waals surface area contributed by atoms with E-state index in [1.807, 2.05) is 33.0 Å². The van der Waals surface area contributed by atoms with Crippen molar-refractivity contribution in [3.8, 4) is 11.8 Å². The molecule has 1 rings (SSSR count). The highest BCUT2D eigenvalue weighted by molar-refractivity contribution is 5.25. The first-order valence-corrected chi connectivity index (χ1v) is 5.03. The second-order valence-electron chi connectivity index (χ2n) is 2.61. The molecule has 0 spiro atoms. The second-order valence-corrected chi connectivity index (χ2v) is 2.61. The van der Waals surface area contributed by atoms with Crippen molar-refractivity contribution in [1.82, 2.24) is 5.06 Å². The van der Waals surface area contributed by atoms with Gasteiger partial charge in [0.25, 0.3) is 0 Å². The van der Waals surface area contributed by atoms with E-state index < -0.39 is 0 Å². The van der Waals surface area contributed by atoms with Gasteiger partial charge in [-0.05, 0) is 25.0 Å². The van der Waals surface area contributed by atoms with E-state index in [-0.39, 0.29) is 0 Å². The quantitative estimate of drug-likeness (QED) is 0.565. The van der Waals surface area contributed by atoms with E-state index >= 15 is 0 Å². The summed E-state index contributed by atoms with van der Waals surface area (Å²) in [6.45, 7) is 6.41. The summed E-state index contributed by atoms with van der Waals surface area (Å²) in [5.74, 6) is 7.16. The number of hydrogen-bond donors (Lipinski definition) is 0. The summed E-state index contributed by atoms with van der Waals surface area (Å²) < 4.78 is 5.40. The summed E-state index contributed by atoms with van der Waals surface area (Å²) in [5, 5.41) is 1.68. The molecule has 0 atom stereocenters. The van der Waals surface area contributed by atoms with Crippen LogP contribution in [-0.2, 0) is 11.4 Å². The lowest BCUT2D eigenvalue weighted by Gasteiger charge is -2.10. The summed E-state index contributed by atoms with van der Waals surface area (Å²) in [7, 11) is 3.46. The van der Waals surface area contributed by atoms with Gasteiger partial charge in [-0.15, -0.1) is 0 Å². The van der Waals surface area contributed by atoms with Crippen molar-refractivity contribution < 1.29 is 9.25 Å². The van der Waals surface area contributed by atoms with Crippen LogP contribution in [0.3, 0.4) is 0 Å². The predicted molar refractivity (Wildman–Crippen MR) is 61.1 cm³/mol. The Bertz CT molecular complexity index is 320. The van der Waals surface area contributed by atoms with Crippen molar-refractivity contribution >= 4 is 0 Å². The smallest absolute Gasteiger partial charge is 0.177 e. The molecule has 0 aliphatic rings. The fourth-order valence-electron chi connectivity index (χ4n) is 0.937. The van der Waals surface area contributed by atoms with Gasteiger partial charge in [0.2, 0.25) is 0 Å². The van der Waals surface area contributed by atoms with Crippen LogP contribution in [0.25, 0.3) is 0 Å². The van der Waals surface area contributed by atoms with Gasteiger partial charge in [0, 0.05) is 7.05 Å². The normalized spacial score (nSPS) is 8.93. The van der Waals surface area contributed by atoms with Gasteiger partial charge in [0.05, 0.1) is 13.7 Å². The third kappa shape index (κ3) is 5.26. The van der Waals surface area contributed by atoms with Gasteiger partial charge in [-0.25, -0.2) is 0 Å². The van der Waals surface area contributed by atoms with Crippen LogP contribution in [-0.4, -0.2) is 19.2 Å². The summed E-state index contributed by atoms with van der Waals surface area (Å²) in [4.78, 5) is 4.96. The van der Waals surface area contributed by atoms with Crippen LogP contribution in [0.5, 0.6) is 0 Å². The van der Waals surface area contributed by atoms with Gasteiger partial charge in [0.1, 0.15) is 5.76 Å². The van der Waals surface area contributed by atoms with Gasteiger partial charge in [0.15, 0.2) is 5.76 Å². The number of rotatable bonds is 3. The molecule has 0 radical (unpaired) electrons. The SMILES string of the molecule is CC.CC#Cc1ccc(CN(C)OC)o1. The van der Waals surface area contributed by atoms with E-state index in [2.05, 4.69) is 11.8 Å². The maximum Gasteiger partial charge on any atom is 0.177 e. The van der Waals surface area contributed by atoms with Gasteiger partial charge < -0.3 is 9.25 Å². The Morgan fingerprint density at radius 3 is 2.60 bits per heavy atom. The minimum atomic E-state index is 0.627. The monoisotopic (exact) mass is 209 g/mol. The lowest BCUT2D eigenvalue weighted by molar-refractivity contribution is -0.120. The highest BCUT2D eigenvalue weighted by Gasteiger charge is 2.02. The number of nitrogens with zero attached hydrogens (tertiary/aromatic N) is 1. The topological polar surface area (TPSA) is 25.6 Å². The van der Waals surface area contributed by atoms with E-state index in [1.165, 1.54) is 0 Å². The van der Waals surface area contributed by atoms with E-state index in [0.29, 0.717) is 12.3 Å². The molecule has 1 heterocycles. The zero-order chi connectivity index (χ0) is 11.7. The Kier molecular flexibility index (Phi) is 7.43. The average Bonchev–Trinajstić information content (AvgIpc) is 2.69. The lowest BCUT2D eigenvalue weighted by Crippen LogP contribution is -2.15. The second kappa shape index (κ2) is 8.10. The van der Waals surface area contributed by atoms with Crippen LogP contribution < -0.4 is 0 Å². The average molecular weight is 209 g/mol. The maximum absolute atomic E-state index is 5.40. The van der Waals surface area contributed by atoms with Crippen molar-refractivity contribution in [1.29, 1.82) is 0 Å². The Balaban J connectivity index is 0.000000921. The highest BCUT2D eigenvalue weighted by Crippen LogP contribution is 2.08. The largest absolute Gasteiger partial charge is 0.451 e. The minimum Gasteiger partial charge on any atom is -0.451 e. The highest BCUT2D eigenvalue weighted by atomic mass is 16.7. The van der Waals surface area contributed by atoms with E-state index in [0.717, 1.165) is 5.76 Å². The van der Waals surface area contributed by atoms with Gasteiger partial charge in [-0.2, -0.15) is 5.06 Å². The number of hydrogen-bond acceptors (Lipinski definition) is 3. The van der Waals surface area contributed by atoms with Crippen LogP contribution in [0.15, 0.2) is 16.5 Å². The third-order valence-electron chi connectivity index (χ3n) is 1.60. The molecule has 1 aromatic rings. The first-order chi connectivity index (χ1) is 7.26. The Morgan fingerprint density at radius 2 is 2.07 bits per heavy atom. The van der Waals surface area contributed by atoms with Crippen molar-refractivity contribution in [2.45, 2.75) is 27.3 Å². The molecule has 0 amide bonds. The fraction of sp³-hybridized carbons (Fsp3) is 0.500. The van der Waals surface area contributed by atoms with Crippen molar-refractivity contribution in [3.05, 3.63) is 23.7 Å². The van der Waals surface area contributed by atoms with Gasteiger partial charge >= 0.3 is 0 Å². The fourth-order valence-corrected chi connectivity index (χ4v) is 0.937. The molecule has 3 nitrogen and oxygen atoms in total. The van der Waals surface area contributed by atoms with Crippen LogP contribution in [0.4, 0.5) is 0 Å². The van der Waals surface area contributed by atoms with Gasteiger partial charge in [-0.3, -0.25) is 0 Å². The third-order valence-corrected chi connectivity index (χ3v) is 1.60. The summed E-state index contributed by atoms with van der Waals surface area (Å²) in [6.07, 6.45) is 0. The molecule has 0 bridgehead atoms. The Morgan fingerprint density at radius 1 is 1.40 bits per heavy atom. The van der Waals surface area contributed by atoms with E-state index in [1.54, 1.807) is 19.1 Å². The summed E-state index contributed by atoms with van der Waals surface area (Å²) in [6, 6.07) is 3.75. The van der Waals surface area contributed by atoms with Crippen LogP contribution in [0.1, 0.15) is 32.3 Å². The Labute approximate surface area is 92.0 Å². The molecule has 15 heavy (non-hydrogen) atoms. The van der Waals surface area contributed by atoms with Crippen LogP contribution in [0, 0.1) is 11.8 Å². The van der Waals surface area contributed by atoms with E-state index in [9.17, 15) is 0 Å². The number of furan rings is 1. The van der Waals surface area contributed by atoms with Crippen molar-refractivity contribution in [2.75, 3.05) is 14.2 Å². The van der Waals surface area contributed by atoms with Gasteiger partial charge in [-0.1, -0.05) is 19.8 Å². The van der Waals surface area contributed by atoms with Crippen molar-refractivity contribution in [2.24, 2.45) is 0 Å². The van der Waals surface area contributed by atoms with Crippen molar-refractivity contribution in [3.63, 3.8) is 0 Å².